The number of carbonyl (C=O) groups is 2. The molecule has 3 rings (SSSR count). The number of nitro groups is 1. The van der Waals surface area contributed by atoms with Crippen LogP contribution in [0.1, 0.15) is 0 Å². The lowest BCUT2D eigenvalue weighted by atomic mass is 10.2. The first-order valence-electron chi connectivity index (χ1n) is 6.87. The first kappa shape index (κ1) is 15.2. The van der Waals surface area contributed by atoms with Gasteiger partial charge in [-0.25, -0.2) is 4.90 Å². The van der Waals surface area contributed by atoms with Gasteiger partial charge in [-0.2, -0.15) is 10.2 Å². The number of nitrogens with zero attached hydrogens (tertiary/aromatic N) is 4. The fraction of sp³-hybridized carbons (Fsp3) is 0. The SMILES string of the molecule is O=C1C=CC(=O)N1c1ccc(N=Nc2ccc([N+](=O)[O-])cc2)cc1. The highest BCUT2D eigenvalue weighted by Crippen LogP contribution is 2.25. The van der Waals surface area contributed by atoms with Crippen LogP contribution in [0.2, 0.25) is 0 Å². The predicted molar refractivity (Wildman–Crippen MR) is 85.3 cm³/mol. The number of imide groups is 1. The molecule has 1 aliphatic rings. The Morgan fingerprint density at radius 1 is 0.792 bits per heavy atom. The summed E-state index contributed by atoms with van der Waals surface area (Å²) in [5, 5.41) is 18.6. The van der Waals surface area contributed by atoms with Crippen molar-refractivity contribution >= 4 is 34.6 Å². The third-order valence-corrected chi connectivity index (χ3v) is 3.26. The van der Waals surface area contributed by atoms with Gasteiger partial charge in [0.25, 0.3) is 17.5 Å². The fourth-order valence-electron chi connectivity index (χ4n) is 2.08. The maximum absolute atomic E-state index is 11.6. The summed E-state index contributed by atoms with van der Waals surface area (Å²) in [5.41, 5.74) is 1.42. The molecule has 24 heavy (non-hydrogen) atoms. The second-order valence-corrected chi connectivity index (χ2v) is 4.84. The second kappa shape index (κ2) is 6.21. The summed E-state index contributed by atoms with van der Waals surface area (Å²) in [5.74, 6) is -0.777. The lowest BCUT2D eigenvalue weighted by Gasteiger charge is -2.13. The molecule has 1 aliphatic heterocycles. The number of hydrogen-bond acceptors (Lipinski definition) is 6. The van der Waals surface area contributed by atoms with Crippen LogP contribution in [-0.4, -0.2) is 16.7 Å². The van der Waals surface area contributed by atoms with Gasteiger partial charge >= 0.3 is 0 Å². The monoisotopic (exact) mass is 322 g/mol. The van der Waals surface area contributed by atoms with Gasteiger partial charge in [0.2, 0.25) is 0 Å². The molecule has 0 aliphatic carbocycles. The number of nitro benzene ring substituents is 1. The highest BCUT2D eigenvalue weighted by Gasteiger charge is 2.24. The van der Waals surface area contributed by atoms with Crippen LogP contribution in [0, 0.1) is 10.1 Å². The molecule has 2 aromatic rings. The summed E-state index contributed by atoms with van der Waals surface area (Å²) < 4.78 is 0. The summed E-state index contributed by atoms with van der Waals surface area (Å²) in [6.07, 6.45) is 2.43. The molecule has 0 saturated heterocycles. The quantitative estimate of drug-likeness (QED) is 0.372. The van der Waals surface area contributed by atoms with E-state index in [2.05, 4.69) is 10.2 Å². The minimum absolute atomic E-state index is 0.0214. The van der Waals surface area contributed by atoms with Crippen molar-refractivity contribution in [3.05, 3.63) is 70.8 Å². The molecule has 8 heteroatoms. The zero-order valence-electron chi connectivity index (χ0n) is 12.2. The summed E-state index contributed by atoms with van der Waals surface area (Å²) in [7, 11) is 0. The predicted octanol–water partition coefficient (Wildman–Crippen LogP) is 3.44. The first-order valence-corrected chi connectivity index (χ1v) is 6.87. The normalized spacial score (nSPS) is 13.9. The van der Waals surface area contributed by atoms with Gasteiger partial charge in [0.05, 0.1) is 22.0 Å². The van der Waals surface area contributed by atoms with Gasteiger partial charge in [0.15, 0.2) is 0 Å². The number of non-ortho nitro benzene ring substituents is 1. The molecule has 8 nitrogen and oxygen atoms in total. The zero-order valence-corrected chi connectivity index (χ0v) is 12.2. The van der Waals surface area contributed by atoms with E-state index in [1.807, 2.05) is 0 Å². The average Bonchev–Trinajstić information content (AvgIpc) is 2.92. The minimum Gasteiger partial charge on any atom is -0.269 e. The number of amides is 2. The van der Waals surface area contributed by atoms with E-state index in [4.69, 9.17) is 0 Å². The molecule has 0 unspecified atom stereocenters. The molecule has 0 radical (unpaired) electrons. The van der Waals surface area contributed by atoms with Crippen LogP contribution in [0.5, 0.6) is 0 Å². The van der Waals surface area contributed by atoms with Crippen LogP contribution in [0.4, 0.5) is 22.7 Å². The van der Waals surface area contributed by atoms with E-state index in [9.17, 15) is 19.7 Å². The Balaban J connectivity index is 1.73. The first-order chi connectivity index (χ1) is 11.5. The van der Waals surface area contributed by atoms with Crippen LogP contribution in [0.15, 0.2) is 70.9 Å². The molecular weight excluding hydrogens is 312 g/mol. The van der Waals surface area contributed by atoms with Crippen LogP contribution in [0.25, 0.3) is 0 Å². The van der Waals surface area contributed by atoms with Crippen molar-refractivity contribution in [1.82, 2.24) is 0 Å². The van der Waals surface area contributed by atoms with Crippen molar-refractivity contribution in [2.45, 2.75) is 0 Å². The number of anilines is 1. The third kappa shape index (κ3) is 3.07. The number of benzene rings is 2. The largest absolute Gasteiger partial charge is 0.269 e. The molecular formula is C16H10N4O4. The lowest BCUT2D eigenvalue weighted by molar-refractivity contribution is -0.384. The highest BCUT2D eigenvalue weighted by molar-refractivity contribution is 6.28. The van der Waals surface area contributed by atoms with E-state index in [-0.39, 0.29) is 17.5 Å². The Hall–Kier alpha value is -3.68. The molecule has 0 atom stereocenters. The Labute approximate surface area is 135 Å². The molecule has 0 N–H and O–H groups in total. The topological polar surface area (TPSA) is 105 Å². The Morgan fingerprint density at radius 2 is 1.25 bits per heavy atom. The molecule has 0 saturated carbocycles. The molecule has 2 amide bonds. The van der Waals surface area contributed by atoms with Gasteiger partial charge in [-0.1, -0.05) is 0 Å². The van der Waals surface area contributed by atoms with E-state index in [1.54, 1.807) is 24.3 Å². The molecule has 2 aromatic carbocycles. The average molecular weight is 322 g/mol. The number of rotatable bonds is 4. The highest BCUT2D eigenvalue weighted by atomic mass is 16.6. The maximum Gasteiger partial charge on any atom is 0.269 e. The number of hydrogen-bond donors (Lipinski definition) is 0. The second-order valence-electron chi connectivity index (χ2n) is 4.84. The van der Waals surface area contributed by atoms with Crippen molar-refractivity contribution in [2.75, 3.05) is 4.90 Å². The van der Waals surface area contributed by atoms with E-state index in [0.29, 0.717) is 17.1 Å². The standard InChI is InChI=1S/C16H10N4O4/c21-15-9-10-16(22)19(15)13-5-1-11(2-6-13)17-18-12-3-7-14(8-4-12)20(23)24/h1-10H. The fourth-order valence-corrected chi connectivity index (χ4v) is 2.08. The van der Waals surface area contributed by atoms with Crippen molar-refractivity contribution < 1.29 is 14.5 Å². The summed E-state index contributed by atoms with van der Waals surface area (Å²) in [6, 6.07) is 12.1. The van der Waals surface area contributed by atoms with Gasteiger partial charge in [-0.05, 0) is 36.4 Å². The molecule has 0 fully saturated rings. The van der Waals surface area contributed by atoms with Crippen LogP contribution in [0.3, 0.4) is 0 Å². The lowest BCUT2D eigenvalue weighted by Crippen LogP contribution is -2.29. The van der Waals surface area contributed by atoms with Crippen LogP contribution >= 0.6 is 0 Å². The summed E-state index contributed by atoms with van der Waals surface area (Å²) in [6.45, 7) is 0. The number of azo groups is 1. The van der Waals surface area contributed by atoms with Crippen molar-refractivity contribution in [3.8, 4) is 0 Å². The smallest absolute Gasteiger partial charge is 0.269 e. The van der Waals surface area contributed by atoms with Crippen molar-refractivity contribution in [3.63, 3.8) is 0 Å². The van der Waals surface area contributed by atoms with E-state index in [0.717, 1.165) is 4.90 Å². The molecule has 0 bridgehead atoms. The minimum atomic E-state index is -0.491. The van der Waals surface area contributed by atoms with E-state index >= 15 is 0 Å². The number of carbonyl (C=O) groups excluding carboxylic acids is 2. The van der Waals surface area contributed by atoms with E-state index in [1.165, 1.54) is 36.4 Å². The molecule has 1 heterocycles. The van der Waals surface area contributed by atoms with Crippen LogP contribution < -0.4 is 4.90 Å². The Morgan fingerprint density at radius 3 is 1.71 bits per heavy atom. The van der Waals surface area contributed by atoms with Crippen molar-refractivity contribution in [1.29, 1.82) is 0 Å². The van der Waals surface area contributed by atoms with Gasteiger partial charge in [-0.15, -0.1) is 0 Å². The van der Waals surface area contributed by atoms with Crippen molar-refractivity contribution in [2.24, 2.45) is 10.2 Å². The molecule has 0 aromatic heterocycles. The van der Waals surface area contributed by atoms with Gasteiger partial charge in [-0.3, -0.25) is 19.7 Å². The van der Waals surface area contributed by atoms with Gasteiger partial charge in [0, 0.05) is 24.3 Å². The third-order valence-electron chi connectivity index (χ3n) is 3.26. The Kier molecular flexibility index (Phi) is 3.94. The maximum atomic E-state index is 11.6. The van der Waals surface area contributed by atoms with Gasteiger partial charge < -0.3 is 0 Å². The molecule has 118 valence electrons. The zero-order chi connectivity index (χ0) is 17.1. The summed E-state index contributed by atoms with van der Waals surface area (Å²) in [4.78, 5) is 34.3. The van der Waals surface area contributed by atoms with E-state index < -0.39 is 4.92 Å². The molecule has 0 spiro atoms. The van der Waals surface area contributed by atoms with Gasteiger partial charge in [0.1, 0.15) is 0 Å². The Bertz CT molecular complexity index is 852. The summed E-state index contributed by atoms with van der Waals surface area (Å²) >= 11 is 0. The van der Waals surface area contributed by atoms with Crippen LogP contribution in [-0.2, 0) is 9.59 Å².